The monoisotopic (exact) mass is 666 g/mol. The van der Waals surface area contributed by atoms with E-state index in [1.807, 2.05) is 18.3 Å². The number of hydrogen-bond donors (Lipinski definition) is 0. The molecule has 244 valence electrons. The Balaban J connectivity index is 1.20. The molecule has 3 aromatic heterocycles. The van der Waals surface area contributed by atoms with Crippen LogP contribution in [-0.4, -0.2) is 19.5 Å². The second-order valence-corrected chi connectivity index (χ2v) is 13.3. The third kappa shape index (κ3) is 3.80. The Kier molecular flexibility index (Phi) is 6.07. The number of nitrogens with zero attached hydrogens (tertiary/aromatic N) is 6. The average Bonchev–Trinajstić information content (AvgIpc) is 3.55. The number of anilines is 6. The van der Waals surface area contributed by atoms with Gasteiger partial charge in [-0.05, 0) is 95.1 Å². The van der Waals surface area contributed by atoms with Crippen molar-refractivity contribution < 1.29 is 0 Å². The normalized spacial score (nSPS) is 13.8. The lowest BCUT2D eigenvalue weighted by Gasteiger charge is -2.51. The fourth-order valence-electron chi connectivity index (χ4n) is 8.83. The highest BCUT2D eigenvalue weighted by Gasteiger charge is 2.51. The van der Waals surface area contributed by atoms with Crippen LogP contribution in [0.15, 0.2) is 183 Å². The van der Waals surface area contributed by atoms with Gasteiger partial charge in [0.1, 0.15) is 12.1 Å². The number of benzene rings is 6. The minimum absolute atomic E-state index is 0.573. The van der Waals surface area contributed by atoms with Crippen molar-refractivity contribution in [3.8, 4) is 5.82 Å². The number of para-hydroxylation sites is 5. The molecule has 11 rings (SSSR count). The Morgan fingerprint density at radius 3 is 1.56 bits per heavy atom. The highest BCUT2D eigenvalue weighted by Crippen LogP contribution is 2.63. The van der Waals surface area contributed by atoms with E-state index in [9.17, 15) is 0 Å². The van der Waals surface area contributed by atoms with Crippen LogP contribution >= 0.6 is 0 Å². The Hall–Kier alpha value is -7.05. The van der Waals surface area contributed by atoms with Crippen molar-refractivity contribution in [2.75, 3.05) is 9.80 Å². The predicted molar refractivity (Wildman–Crippen MR) is 209 cm³/mol. The van der Waals surface area contributed by atoms with Crippen LogP contribution in [-0.2, 0) is 5.41 Å². The van der Waals surface area contributed by atoms with Crippen LogP contribution in [0.5, 0.6) is 0 Å². The molecule has 0 radical (unpaired) electrons. The van der Waals surface area contributed by atoms with E-state index in [-0.39, 0.29) is 0 Å². The summed E-state index contributed by atoms with van der Waals surface area (Å²) in [6.45, 7) is 0. The molecule has 52 heavy (non-hydrogen) atoms. The summed E-state index contributed by atoms with van der Waals surface area (Å²) in [5, 5.41) is 1.06. The molecular weight excluding hydrogens is 637 g/mol. The van der Waals surface area contributed by atoms with Crippen molar-refractivity contribution in [3.05, 3.63) is 205 Å². The molecule has 0 aliphatic carbocycles. The number of rotatable bonds is 3. The van der Waals surface area contributed by atoms with Gasteiger partial charge in [0.25, 0.3) is 0 Å². The Morgan fingerprint density at radius 1 is 0.423 bits per heavy atom. The second kappa shape index (κ2) is 11.0. The zero-order chi connectivity index (χ0) is 34.2. The predicted octanol–water partition coefficient (Wildman–Crippen LogP) is 10.9. The Labute approximate surface area is 300 Å². The minimum atomic E-state index is -0.573. The van der Waals surface area contributed by atoms with E-state index in [0.717, 1.165) is 50.5 Å². The Bertz CT molecular complexity index is 2730. The lowest BCUT2D eigenvalue weighted by molar-refractivity contribution is 0.719. The molecule has 9 aromatic rings. The largest absolute Gasteiger partial charge is 0.310 e. The summed E-state index contributed by atoms with van der Waals surface area (Å²) in [4.78, 5) is 18.5. The molecule has 6 heteroatoms. The maximum absolute atomic E-state index is 4.89. The minimum Gasteiger partial charge on any atom is -0.310 e. The molecule has 0 saturated carbocycles. The van der Waals surface area contributed by atoms with E-state index in [0.29, 0.717) is 0 Å². The molecule has 0 amide bonds. The first-order valence-electron chi connectivity index (χ1n) is 17.5. The molecule has 0 bridgehead atoms. The molecule has 5 heterocycles. The van der Waals surface area contributed by atoms with E-state index in [4.69, 9.17) is 4.98 Å². The molecule has 0 unspecified atom stereocenters. The summed E-state index contributed by atoms with van der Waals surface area (Å²) in [7, 11) is 0. The first-order valence-corrected chi connectivity index (χ1v) is 17.5. The average molecular weight is 667 g/mol. The van der Waals surface area contributed by atoms with Crippen LogP contribution < -0.4 is 9.80 Å². The summed E-state index contributed by atoms with van der Waals surface area (Å²) in [5.74, 6) is 0.811. The standard InChI is InChI=1S/C46H30N6/c1-2-13-31(14-3-1)50-39-19-8-4-15-34(39)46(35-16-5-9-20-40(35)50)36-17-6-10-21-41(36)51(42-22-11-7-18-37(42)46)32-24-25-38-33(29-32)45-43(23-12-27-48-45)52(38)44-26-28-47-30-49-44/h1-30H. The maximum atomic E-state index is 4.89. The molecule has 2 aliphatic rings. The van der Waals surface area contributed by atoms with Crippen LogP contribution in [0.3, 0.4) is 0 Å². The van der Waals surface area contributed by atoms with Gasteiger partial charge in [-0.1, -0.05) is 91.0 Å². The number of aromatic nitrogens is 4. The van der Waals surface area contributed by atoms with Crippen molar-refractivity contribution >= 4 is 56.1 Å². The van der Waals surface area contributed by atoms with E-state index < -0.39 is 5.41 Å². The van der Waals surface area contributed by atoms with E-state index in [1.54, 1.807) is 12.5 Å². The van der Waals surface area contributed by atoms with Crippen molar-refractivity contribution in [3.63, 3.8) is 0 Å². The van der Waals surface area contributed by atoms with Gasteiger partial charge < -0.3 is 9.80 Å². The van der Waals surface area contributed by atoms with Crippen molar-refractivity contribution in [1.29, 1.82) is 0 Å². The van der Waals surface area contributed by atoms with Gasteiger partial charge in [0, 0.05) is 29.2 Å². The van der Waals surface area contributed by atoms with E-state index in [1.165, 1.54) is 33.6 Å². The first kappa shape index (κ1) is 28.8. The second-order valence-electron chi connectivity index (χ2n) is 13.3. The molecular formula is C46H30N6. The van der Waals surface area contributed by atoms with Crippen molar-refractivity contribution in [2.24, 2.45) is 0 Å². The molecule has 0 N–H and O–H groups in total. The summed E-state index contributed by atoms with van der Waals surface area (Å²) in [5.41, 5.74) is 14.2. The zero-order valence-corrected chi connectivity index (χ0v) is 28.0. The van der Waals surface area contributed by atoms with Gasteiger partial charge >= 0.3 is 0 Å². The summed E-state index contributed by atoms with van der Waals surface area (Å²) >= 11 is 0. The van der Waals surface area contributed by atoms with Crippen LogP contribution in [0.1, 0.15) is 22.3 Å². The lowest BCUT2D eigenvalue weighted by atomic mass is 9.60. The lowest BCUT2D eigenvalue weighted by Crippen LogP contribution is -2.41. The van der Waals surface area contributed by atoms with Crippen LogP contribution in [0, 0.1) is 0 Å². The van der Waals surface area contributed by atoms with Gasteiger partial charge in [-0.3, -0.25) is 9.55 Å². The fourth-order valence-corrected chi connectivity index (χ4v) is 8.83. The molecule has 6 nitrogen and oxygen atoms in total. The number of fused-ring (bicyclic) bond motifs is 11. The van der Waals surface area contributed by atoms with E-state index in [2.05, 4.69) is 176 Å². The third-order valence-electron chi connectivity index (χ3n) is 10.8. The molecule has 1 spiro atoms. The van der Waals surface area contributed by atoms with Gasteiger partial charge in [-0.2, -0.15) is 0 Å². The van der Waals surface area contributed by atoms with Crippen molar-refractivity contribution in [2.45, 2.75) is 5.41 Å². The van der Waals surface area contributed by atoms with Gasteiger partial charge in [-0.25, -0.2) is 9.97 Å². The van der Waals surface area contributed by atoms with Gasteiger partial charge in [0.05, 0.1) is 44.7 Å². The number of pyridine rings is 1. The SMILES string of the molecule is c1ccc(N2c3ccccc3C3(c4ccccc42)c2ccccc2N(c2ccc4c(c2)c2ncccc2n4-c2ccncn2)c2ccccc23)cc1. The summed E-state index contributed by atoms with van der Waals surface area (Å²) < 4.78 is 2.17. The van der Waals surface area contributed by atoms with Gasteiger partial charge in [-0.15, -0.1) is 0 Å². The smallest absolute Gasteiger partial charge is 0.141 e. The van der Waals surface area contributed by atoms with Crippen molar-refractivity contribution in [1.82, 2.24) is 19.5 Å². The molecule has 0 atom stereocenters. The zero-order valence-electron chi connectivity index (χ0n) is 28.0. The fraction of sp³-hybridized carbons (Fsp3) is 0.0217. The number of hydrogen-bond acceptors (Lipinski definition) is 5. The van der Waals surface area contributed by atoms with E-state index >= 15 is 0 Å². The first-order chi connectivity index (χ1) is 25.8. The topological polar surface area (TPSA) is 50.1 Å². The highest BCUT2D eigenvalue weighted by atomic mass is 15.2. The summed E-state index contributed by atoms with van der Waals surface area (Å²) in [6, 6.07) is 59.2. The quantitative estimate of drug-likeness (QED) is 0.188. The van der Waals surface area contributed by atoms with Crippen LogP contribution in [0.4, 0.5) is 34.1 Å². The maximum Gasteiger partial charge on any atom is 0.141 e. The van der Waals surface area contributed by atoms with Crippen LogP contribution in [0.25, 0.3) is 27.8 Å². The van der Waals surface area contributed by atoms with Crippen LogP contribution in [0.2, 0.25) is 0 Å². The van der Waals surface area contributed by atoms with Gasteiger partial charge in [0.15, 0.2) is 0 Å². The molecule has 0 saturated heterocycles. The van der Waals surface area contributed by atoms with Gasteiger partial charge in [0.2, 0.25) is 0 Å². The Morgan fingerprint density at radius 2 is 0.981 bits per heavy atom. The summed E-state index contributed by atoms with van der Waals surface area (Å²) in [6.07, 6.45) is 5.24. The highest BCUT2D eigenvalue weighted by molar-refractivity contribution is 6.09. The molecule has 2 aliphatic heterocycles. The third-order valence-corrected chi connectivity index (χ3v) is 10.8. The molecule has 6 aromatic carbocycles. The molecule has 0 fully saturated rings.